The molecule has 0 fully saturated rings. The van der Waals surface area contributed by atoms with Crippen LogP contribution in [0.4, 0.5) is 5.69 Å². The van der Waals surface area contributed by atoms with Crippen LogP contribution in [0.15, 0.2) is 24.3 Å². The molecule has 0 aliphatic heterocycles. The van der Waals surface area contributed by atoms with E-state index in [1.54, 1.807) is 18.2 Å². The van der Waals surface area contributed by atoms with Crippen LogP contribution in [-0.2, 0) is 22.4 Å². The van der Waals surface area contributed by atoms with Gasteiger partial charge in [-0.05, 0) is 67.5 Å². The van der Waals surface area contributed by atoms with Crippen molar-refractivity contribution in [3.05, 3.63) is 46.5 Å². The van der Waals surface area contributed by atoms with Crippen molar-refractivity contribution >= 4 is 47.1 Å². The van der Waals surface area contributed by atoms with E-state index in [0.717, 1.165) is 47.3 Å². The Morgan fingerprint density at radius 1 is 1.14 bits per heavy atom. The van der Waals surface area contributed by atoms with Crippen LogP contribution < -0.4 is 10.1 Å². The summed E-state index contributed by atoms with van der Waals surface area (Å²) in [5.74, 6) is -0.783. The molecule has 0 aromatic heterocycles. The first kappa shape index (κ1) is 22.3. The summed E-state index contributed by atoms with van der Waals surface area (Å²) < 4.78 is 6.17. The number of aryl methyl sites for hydroxylation is 1. The van der Waals surface area contributed by atoms with Crippen LogP contribution in [-0.4, -0.2) is 51.6 Å². The van der Waals surface area contributed by atoms with Gasteiger partial charge in [0.15, 0.2) is 0 Å². The summed E-state index contributed by atoms with van der Waals surface area (Å²) >= 11 is 0. The molecule has 0 unspecified atom stereocenters. The zero-order chi connectivity index (χ0) is 19.7. The SMILES string of the molecule is Cc1cc(NC(=O)C(=O)O)c2c(c1Oc1ccc(O)c(C(C)C)c1)CCC2.[NaH]. The van der Waals surface area contributed by atoms with Crippen LogP contribution >= 0.6 is 0 Å². The number of aromatic hydroxyl groups is 1. The first-order valence-electron chi connectivity index (χ1n) is 8.98. The number of anilines is 1. The van der Waals surface area contributed by atoms with Gasteiger partial charge in [-0.15, -0.1) is 0 Å². The van der Waals surface area contributed by atoms with Gasteiger partial charge in [0, 0.05) is 16.8 Å². The van der Waals surface area contributed by atoms with Crippen molar-refractivity contribution < 1.29 is 24.5 Å². The van der Waals surface area contributed by atoms with E-state index in [9.17, 15) is 14.7 Å². The second-order valence-electron chi connectivity index (χ2n) is 7.12. The van der Waals surface area contributed by atoms with Crippen LogP contribution in [0.25, 0.3) is 0 Å². The zero-order valence-electron chi connectivity index (χ0n) is 15.6. The Hall–Kier alpha value is -2.02. The summed E-state index contributed by atoms with van der Waals surface area (Å²) in [6.07, 6.45) is 2.48. The number of hydrogen-bond acceptors (Lipinski definition) is 4. The van der Waals surface area contributed by atoms with Crippen LogP contribution in [0.2, 0.25) is 0 Å². The van der Waals surface area contributed by atoms with Crippen LogP contribution in [0.1, 0.15) is 48.4 Å². The maximum absolute atomic E-state index is 11.6. The van der Waals surface area contributed by atoms with E-state index in [4.69, 9.17) is 9.84 Å². The molecule has 0 heterocycles. The van der Waals surface area contributed by atoms with Gasteiger partial charge in [0.1, 0.15) is 17.2 Å². The minimum atomic E-state index is -1.51. The molecule has 1 aliphatic carbocycles. The fourth-order valence-electron chi connectivity index (χ4n) is 3.50. The van der Waals surface area contributed by atoms with Gasteiger partial charge in [-0.2, -0.15) is 0 Å². The van der Waals surface area contributed by atoms with Crippen molar-refractivity contribution in [1.82, 2.24) is 0 Å². The van der Waals surface area contributed by atoms with Gasteiger partial charge in [0.05, 0.1) is 0 Å². The number of carbonyl (C=O) groups excluding carboxylic acids is 1. The molecule has 2 aromatic carbocycles. The predicted molar refractivity (Wildman–Crippen MR) is 109 cm³/mol. The summed E-state index contributed by atoms with van der Waals surface area (Å²) in [4.78, 5) is 22.4. The van der Waals surface area contributed by atoms with E-state index in [1.807, 2.05) is 26.8 Å². The fourth-order valence-corrected chi connectivity index (χ4v) is 3.50. The number of phenols is 1. The summed E-state index contributed by atoms with van der Waals surface area (Å²) in [5, 5.41) is 21.3. The molecule has 0 atom stereocenters. The van der Waals surface area contributed by atoms with E-state index in [2.05, 4.69) is 5.32 Å². The Balaban J connectivity index is 0.00000280. The number of carboxylic acids is 1. The predicted octanol–water partition coefficient (Wildman–Crippen LogP) is 3.48. The quantitative estimate of drug-likeness (QED) is 0.546. The van der Waals surface area contributed by atoms with Crippen molar-refractivity contribution in [2.24, 2.45) is 0 Å². The van der Waals surface area contributed by atoms with Crippen molar-refractivity contribution in [2.45, 2.75) is 46.0 Å². The number of carbonyl (C=O) groups is 2. The summed E-state index contributed by atoms with van der Waals surface area (Å²) in [6, 6.07) is 6.94. The molecular formula is C21H24NNaO5. The second kappa shape index (κ2) is 8.99. The van der Waals surface area contributed by atoms with E-state index >= 15 is 0 Å². The fraction of sp³-hybridized carbons (Fsp3) is 0.333. The standard InChI is InChI=1S/C21H23NO5.Na.H/c1-11(2)16-10-13(7-8-18(16)23)27-19-12(3)9-17(22-20(24)21(25)26)14-5-4-6-15(14)19;;/h7-11,23H,4-6H2,1-3H3,(H,22,24)(H,25,26);;. The van der Waals surface area contributed by atoms with Gasteiger partial charge in [-0.3, -0.25) is 4.79 Å². The molecule has 1 amide bonds. The molecule has 1 aliphatic rings. The minimum absolute atomic E-state index is 0. The Morgan fingerprint density at radius 2 is 1.82 bits per heavy atom. The zero-order valence-corrected chi connectivity index (χ0v) is 15.6. The number of nitrogens with one attached hydrogen (secondary N) is 1. The molecular weight excluding hydrogens is 369 g/mol. The van der Waals surface area contributed by atoms with Crippen LogP contribution in [0.5, 0.6) is 17.2 Å². The number of aliphatic carboxylic acids is 1. The molecule has 0 saturated heterocycles. The Bertz CT molecular complexity index is 923. The third-order valence-electron chi connectivity index (χ3n) is 4.82. The molecule has 0 radical (unpaired) electrons. The summed E-state index contributed by atoms with van der Waals surface area (Å²) in [7, 11) is 0. The molecule has 0 spiro atoms. The molecule has 3 rings (SSSR count). The number of hydrogen-bond donors (Lipinski definition) is 3. The average Bonchev–Trinajstić information content (AvgIpc) is 3.09. The number of amides is 1. The number of carboxylic acid groups (broad SMARTS) is 1. The average molecular weight is 393 g/mol. The third-order valence-corrected chi connectivity index (χ3v) is 4.82. The molecule has 0 bridgehead atoms. The second-order valence-corrected chi connectivity index (χ2v) is 7.12. The van der Waals surface area contributed by atoms with E-state index in [-0.39, 0.29) is 41.2 Å². The van der Waals surface area contributed by atoms with Gasteiger partial charge in [-0.25, -0.2) is 4.79 Å². The van der Waals surface area contributed by atoms with Gasteiger partial charge >= 0.3 is 41.4 Å². The number of ether oxygens (including phenoxy) is 1. The van der Waals surface area contributed by atoms with Crippen molar-refractivity contribution in [3.8, 4) is 17.2 Å². The molecule has 3 N–H and O–H groups in total. The Morgan fingerprint density at radius 3 is 2.46 bits per heavy atom. The summed E-state index contributed by atoms with van der Waals surface area (Å²) in [5.41, 5.74) is 4.08. The first-order valence-corrected chi connectivity index (χ1v) is 8.98. The topological polar surface area (TPSA) is 95.9 Å². The van der Waals surface area contributed by atoms with Gasteiger partial charge in [0.25, 0.3) is 0 Å². The van der Waals surface area contributed by atoms with Gasteiger partial charge in [0.2, 0.25) is 0 Å². The van der Waals surface area contributed by atoms with Crippen molar-refractivity contribution in [2.75, 3.05) is 5.32 Å². The molecule has 2 aromatic rings. The maximum atomic E-state index is 11.6. The van der Waals surface area contributed by atoms with Crippen LogP contribution in [0.3, 0.4) is 0 Å². The van der Waals surface area contributed by atoms with Crippen molar-refractivity contribution in [3.63, 3.8) is 0 Å². The van der Waals surface area contributed by atoms with E-state index in [1.165, 1.54) is 0 Å². The Kier molecular flexibility index (Phi) is 7.15. The summed E-state index contributed by atoms with van der Waals surface area (Å²) in [6.45, 7) is 5.87. The third kappa shape index (κ3) is 4.51. The van der Waals surface area contributed by atoms with E-state index in [0.29, 0.717) is 11.4 Å². The molecule has 0 saturated carbocycles. The number of rotatable bonds is 4. The number of phenolic OH excluding ortho intramolecular Hbond substituents is 1. The Labute approximate surface area is 186 Å². The van der Waals surface area contributed by atoms with Crippen LogP contribution in [0, 0.1) is 6.92 Å². The van der Waals surface area contributed by atoms with E-state index < -0.39 is 11.9 Å². The van der Waals surface area contributed by atoms with Gasteiger partial charge in [-0.1, -0.05) is 13.8 Å². The number of fused-ring (bicyclic) bond motifs is 1. The first-order chi connectivity index (χ1) is 12.8. The molecule has 144 valence electrons. The molecule has 28 heavy (non-hydrogen) atoms. The van der Waals surface area contributed by atoms with Crippen molar-refractivity contribution in [1.29, 1.82) is 0 Å². The monoisotopic (exact) mass is 393 g/mol. The number of benzene rings is 2. The molecule has 6 nitrogen and oxygen atoms in total. The van der Waals surface area contributed by atoms with Gasteiger partial charge < -0.3 is 20.3 Å². The molecule has 7 heteroatoms. The normalized spacial score (nSPS) is 12.3.